The van der Waals surface area contributed by atoms with Crippen molar-refractivity contribution in [2.24, 2.45) is 0 Å². The molecule has 0 saturated carbocycles. The summed E-state index contributed by atoms with van der Waals surface area (Å²) in [4.78, 5) is 2.41. The summed E-state index contributed by atoms with van der Waals surface area (Å²) >= 11 is 0. The van der Waals surface area contributed by atoms with Crippen LogP contribution in [-0.4, -0.2) is 7.11 Å². The Hall–Kier alpha value is -2.74. The van der Waals surface area contributed by atoms with Crippen molar-refractivity contribution in [1.29, 1.82) is 0 Å². The molecule has 0 N–H and O–H groups in total. The fourth-order valence-electron chi connectivity index (χ4n) is 3.00. The molecule has 0 aromatic heterocycles. The highest BCUT2D eigenvalue weighted by Crippen LogP contribution is 2.30. The van der Waals surface area contributed by atoms with Crippen LogP contribution in [0.2, 0.25) is 0 Å². The SMILES string of the molecule is COc1cccc(N(Cc2ccccc2)Cc2ccccc2)c1C. The maximum absolute atomic E-state index is 5.51. The first kappa shape index (κ1) is 16.1. The summed E-state index contributed by atoms with van der Waals surface area (Å²) in [5.41, 5.74) is 4.99. The average molecular weight is 317 g/mol. The van der Waals surface area contributed by atoms with Crippen LogP contribution in [0.15, 0.2) is 78.9 Å². The first-order valence-corrected chi connectivity index (χ1v) is 8.24. The van der Waals surface area contributed by atoms with Gasteiger partial charge >= 0.3 is 0 Å². The molecule has 0 spiro atoms. The van der Waals surface area contributed by atoms with Crippen LogP contribution >= 0.6 is 0 Å². The van der Waals surface area contributed by atoms with Gasteiger partial charge in [-0.3, -0.25) is 0 Å². The van der Waals surface area contributed by atoms with Gasteiger partial charge in [-0.05, 0) is 30.2 Å². The van der Waals surface area contributed by atoms with Crippen molar-refractivity contribution in [3.63, 3.8) is 0 Å². The summed E-state index contributed by atoms with van der Waals surface area (Å²) in [5, 5.41) is 0. The van der Waals surface area contributed by atoms with E-state index < -0.39 is 0 Å². The lowest BCUT2D eigenvalue weighted by Gasteiger charge is -2.27. The van der Waals surface area contributed by atoms with Crippen molar-refractivity contribution < 1.29 is 4.74 Å². The summed E-state index contributed by atoms with van der Waals surface area (Å²) in [5.74, 6) is 0.929. The molecule has 0 fully saturated rings. The first-order chi connectivity index (χ1) is 11.8. The molecule has 24 heavy (non-hydrogen) atoms. The van der Waals surface area contributed by atoms with Crippen LogP contribution in [0.3, 0.4) is 0 Å². The van der Waals surface area contributed by atoms with E-state index in [0.717, 1.165) is 18.8 Å². The van der Waals surface area contributed by atoms with Crippen LogP contribution in [0.1, 0.15) is 16.7 Å². The topological polar surface area (TPSA) is 12.5 Å². The summed E-state index contributed by atoms with van der Waals surface area (Å²) < 4.78 is 5.51. The molecule has 0 aliphatic rings. The maximum atomic E-state index is 5.51. The number of anilines is 1. The van der Waals surface area contributed by atoms with E-state index in [-0.39, 0.29) is 0 Å². The van der Waals surface area contributed by atoms with Crippen LogP contribution in [0.4, 0.5) is 5.69 Å². The van der Waals surface area contributed by atoms with E-state index in [2.05, 4.69) is 84.6 Å². The molecule has 3 aromatic carbocycles. The fourth-order valence-corrected chi connectivity index (χ4v) is 3.00. The lowest BCUT2D eigenvalue weighted by molar-refractivity contribution is 0.411. The Labute approximate surface area is 144 Å². The van der Waals surface area contributed by atoms with Crippen LogP contribution in [0.5, 0.6) is 5.75 Å². The third kappa shape index (κ3) is 3.77. The van der Waals surface area contributed by atoms with Gasteiger partial charge in [0.2, 0.25) is 0 Å². The molecular formula is C22H23NO. The van der Waals surface area contributed by atoms with E-state index in [9.17, 15) is 0 Å². The second-order valence-corrected chi connectivity index (χ2v) is 5.93. The van der Waals surface area contributed by atoms with Crippen molar-refractivity contribution >= 4 is 5.69 Å². The number of nitrogens with zero attached hydrogens (tertiary/aromatic N) is 1. The minimum Gasteiger partial charge on any atom is -0.496 e. The maximum Gasteiger partial charge on any atom is 0.123 e. The highest BCUT2D eigenvalue weighted by atomic mass is 16.5. The van der Waals surface area contributed by atoms with Gasteiger partial charge in [0.05, 0.1) is 7.11 Å². The van der Waals surface area contributed by atoms with E-state index in [0.29, 0.717) is 0 Å². The van der Waals surface area contributed by atoms with E-state index >= 15 is 0 Å². The predicted molar refractivity (Wildman–Crippen MR) is 101 cm³/mol. The van der Waals surface area contributed by atoms with Gasteiger partial charge in [-0.15, -0.1) is 0 Å². The van der Waals surface area contributed by atoms with E-state index in [1.807, 2.05) is 6.07 Å². The molecule has 0 radical (unpaired) electrons. The minimum absolute atomic E-state index is 0.865. The molecule has 0 aliphatic carbocycles. The third-order valence-electron chi connectivity index (χ3n) is 4.25. The largest absolute Gasteiger partial charge is 0.496 e. The lowest BCUT2D eigenvalue weighted by atomic mass is 10.1. The van der Waals surface area contributed by atoms with Gasteiger partial charge in [0.1, 0.15) is 5.75 Å². The summed E-state index contributed by atoms with van der Waals surface area (Å²) in [6, 6.07) is 27.4. The van der Waals surface area contributed by atoms with E-state index in [1.54, 1.807) is 7.11 Å². The Morgan fingerprint density at radius 1 is 0.708 bits per heavy atom. The molecule has 2 heteroatoms. The quantitative estimate of drug-likeness (QED) is 0.619. The molecule has 3 rings (SSSR count). The number of ether oxygens (including phenoxy) is 1. The van der Waals surface area contributed by atoms with Gasteiger partial charge in [0.15, 0.2) is 0 Å². The van der Waals surface area contributed by atoms with E-state index in [4.69, 9.17) is 4.74 Å². The van der Waals surface area contributed by atoms with Crippen molar-refractivity contribution in [2.75, 3.05) is 12.0 Å². The van der Waals surface area contributed by atoms with Gasteiger partial charge in [-0.1, -0.05) is 66.7 Å². The standard InChI is InChI=1S/C22H23NO/c1-18-21(14-9-15-22(18)24-2)23(16-19-10-5-3-6-11-19)17-20-12-7-4-8-13-20/h3-15H,16-17H2,1-2H3. The Morgan fingerprint density at radius 3 is 1.75 bits per heavy atom. The number of hydrogen-bond donors (Lipinski definition) is 0. The lowest BCUT2D eigenvalue weighted by Crippen LogP contribution is -2.23. The van der Waals surface area contributed by atoms with Crippen molar-refractivity contribution in [1.82, 2.24) is 0 Å². The molecule has 2 nitrogen and oxygen atoms in total. The first-order valence-electron chi connectivity index (χ1n) is 8.24. The highest BCUT2D eigenvalue weighted by Gasteiger charge is 2.13. The Kier molecular flexibility index (Phi) is 5.17. The third-order valence-corrected chi connectivity index (χ3v) is 4.25. The molecule has 122 valence electrons. The molecule has 0 bridgehead atoms. The van der Waals surface area contributed by atoms with Gasteiger partial charge < -0.3 is 9.64 Å². The normalized spacial score (nSPS) is 10.4. The van der Waals surface area contributed by atoms with Crippen LogP contribution in [0, 0.1) is 6.92 Å². The molecule has 0 unspecified atom stereocenters. The second-order valence-electron chi connectivity index (χ2n) is 5.93. The molecule has 3 aromatic rings. The van der Waals surface area contributed by atoms with Gasteiger partial charge in [-0.2, -0.15) is 0 Å². The Morgan fingerprint density at radius 2 is 1.25 bits per heavy atom. The molecule has 0 heterocycles. The van der Waals surface area contributed by atoms with Gasteiger partial charge in [-0.25, -0.2) is 0 Å². The predicted octanol–water partition coefficient (Wildman–Crippen LogP) is 5.21. The molecule has 0 atom stereocenters. The monoisotopic (exact) mass is 317 g/mol. The number of rotatable bonds is 6. The molecular weight excluding hydrogens is 294 g/mol. The number of benzene rings is 3. The highest BCUT2D eigenvalue weighted by molar-refractivity contribution is 5.59. The van der Waals surface area contributed by atoms with Crippen molar-refractivity contribution in [3.8, 4) is 5.75 Å². The zero-order valence-electron chi connectivity index (χ0n) is 14.3. The second kappa shape index (κ2) is 7.69. The van der Waals surface area contributed by atoms with Gasteiger partial charge in [0, 0.05) is 24.3 Å². The molecule has 0 saturated heterocycles. The molecule has 0 aliphatic heterocycles. The number of hydrogen-bond acceptors (Lipinski definition) is 2. The van der Waals surface area contributed by atoms with E-state index in [1.165, 1.54) is 22.4 Å². The zero-order valence-corrected chi connectivity index (χ0v) is 14.3. The Balaban J connectivity index is 1.95. The summed E-state index contributed by atoms with van der Waals surface area (Å²) in [7, 11) is 1.73. The van der Waals surface area contributed by atoms with Crippen molar-refractivity contribution in [3.05, 3.63) is 95.6 Å². The number of methoxy groups -OCH3 is 1. The smallest absolute Gasteiger partial charge is 0.123 e. The fraction of sp³-hybridized carbons (Fsp3) is 0.182. The summed E-state index contributed by atoms with van der Waals surface area (Å²) in [6.07, 6.45) is 0. The molecule has 0 amide bonds. The van der Waals surface area contributed by atoms with Crippen molar-refractivity contribution in [2.45, 2.75) is 20.0 Å². The van der Waals surface area contributed by atoms with Crippen LogP contribution in [-0.2, 0) is 13.1 Å². The van der Waals surface area contributed by atoms with Gasteiger partial charge in [0.25, 0.3) is 0 Å². The zero-order chi connectivity index (χ0) is 16.8. The Bertz CT molecular complexity index is 727. The van der Waals surface area contributed by atoms with Crippen LogP contribution < -0.4 is 9.64 Å². The summed E-state index contributed by atoms with van der Waals surface area (Å²) in [6.45, 7) is 3.85. The minimum atomic E-state index is 0.865. The van der Waals surface area contributed by atoms with Crippen LogP contribution in [0.25, 0.3) is 0 Å². The average Bonchev–Trinajstić information content (AvgIpc) is 2.63.